The van der Waals surface area contributed by atoms with E-state index in [-0.39, 0.29) is 5.82 Å². The molecule has 0 aliphatic carbocycles. The lowest BCUT2D eigenvalue weighted by atomic mass is 9.78. The van der Waals surface area contributed by atoms with Gasteiger partial charge < -0.3 is 5.11 Å². The van der Waals surface area contributed by atoms with Crippen LogP contribution in [0.1, 0.15) is 38.1 Å². The van der Waals surface area contributed by atoms with Crippen LogP contribution in [0.25, 0.3) is 0 Å². The van der Waals surface area contributed by atoms with Gasteiger partial charge in [-0.3, -0.25) is 4.68 Å². The molecule has 0 saturated heterocycles. The number of aliphatic hydroxyl groups excluding tert-OH is 1. The van der Waals surface area contributed by atoms with Crippen LogP contribution in [-0.2, 0) is 12.0 Å². The number of aliphatic hydroxyl groups is 1. The number of nitrogens with zero attached hydrogens (tertiary/aromatic N) is 2. The number of aromatic nitrogens is 2. The van der Waals surface area contributed by atoms with Gasteiger partial charge in [0.2, 0.25) is 0 Å². The van der Waals surface area contributed by atoms with Gasteiger partial charge in [0.1, 0.15) is 11.9 Å². The first-order valence-corrected chi connectivity index (χ1v) is 6.91. The zero-order chi connectivity index (χ0) is 14.9. The summed E-state index contributed by atoms with van der Waals surface area (Å²) in [6.45, 7) is 6.35. The molecule has 1 aromatic carbocycles. The van der Waals surface area contributed by atoms with E-state index < -0.39 is 11.5 Å². The SMILES string of the molecule is CCn1ncc(Cl)c1C(O)C(C)(C)c1ccc(F)cc1. The molecule has 0 bridgehead atoms. The largest absolute Gasteiger partial charge is 0.386 e. The summed E-state index contributed by atoms with van der Waals surface area (Å²) in [4.78, 5) is 0. The summed E-state index contributed by atoms with van der Waals surface area (Å²) in [6, 6.07) is 6.14. The molecule has 0 aliphatic rings. The van der Waals surface area contributed by atoms with Crippen LogP contribution >= 0.6 is 11.6 Å². The first-order chi connectivity index (χ1) is 9.37. The van der Waals surface area contributed by atoms with Gasteiger partial charge in [-0.25, -0.2) is 4.39 Å². The van der Waals surface area contributed by atoms with Gasteiger partial charge in [-0.1, -0.05) is 37.6 Å². The molecule has 2 rings (SSSR count). The van der Waals surface area contributed by atoms with Gasteiger partial charge in [-0.2, -0.15) is 5.10 Å². The highest BCUT2D eigenvalue weighted by atomic mass is 35.5. The van der Waals surface area contributed by atoms with E-state index in [1.54, 1.807) is 16.8 Å². The Bertz CT molecular complexity index is 592. The maximum absolute atomic E-state index is 13.0. The molecule has 1 N–H and O–H groups in total. The van der Waals surface area contributed by atoms with Crippen molar-refractivity contribution in [3.8, 4) is 0 Å². The topological polar surface area (TPSA) is 38.0 Å². The van der Waals surface area contributed by atoms with Crippen LogP contribution in [0.3, 0.4) is 0 Å². The Morgan fingerprint density at radius 1 is 1.35 bits per heavy atom. The number of rotatable bonds is 4. The number of benzene rings is 1. The third kappa shape index (κ3) is 2.58. The molecule has 1 aromatic heterocycles. The Morgan fingerprint density at radius 2 is 1.95 bits per heavy atom. The molecular formula is C15H18ClFN2O. The number of hydrogen-bond donors (Lipinski definition) is 1. The quantitative estimate of drug-likeness (QED) is 0.934. The van der Waals surface area contributed by atoms with Crippen molar-refractivity contribution < 1.29 is 9.50 Å². The maximum atomic E-state index is 13.0. The first kappa shape index (κ1) is 15.0. The van der Waals surface area contributed by atoms with Crippen LogP contribution in [-0.4, -0.2) is 14.9 Å². The highest BCUT2D eigenvalue weighted by Gasteiger charge is 2.34. The third-order valence-electron chi connectivity index (χ3n) is 3.66. The molecule has 108 valence electrons. The van der Waals surface area contributed by atoms with Gasteiger partial charge in [-0.05, 0) is 24.6 Å². The summed E-state index contributed by atoms with van der Waals surface area (Å²) in [5.41, 5.74) is 0.819. The van der Waals surface area contributed by atoms with Crippen molar-refractivity contribution >= 4 is 11.6 Å². The molecule has 20 heavy (non-hydrogen) atoms. The molecule has 0 spiro atoms. The van der Waals surface area contributed by atoms with Gasteiger partial charge in [0.05, 0.1) is 16.9 Å². The first-order valence-electron chi connectivity index (χ1n) is 6.53. The Labute approximate surface area is 123 Å². The Balaban J connectivity index is 2.42. The molecule has 2 aromatic rings. The lowest BCUT2D eigenvalue weighted by molar-refractivity contribution is 0.0913. The molecule has 0 fully saturated rings. The van der Waals surface area contributed by atoms with Crippen LogP contribution in [0.15, 0.2) is 30.5 Å². The van der Waals surface area contributed by atoms with Crippen LogP contribution < -0.4 is 0 Å². The molecule has 1 unspecified atom stereocenters. The monoisotopic (exact) mass is 296 g/mol. The van der Waals surface area contributed by atoms with Crippen molar-refractivity contribution in [3.63, 3.8) is 0 Å². The normalized spacial score (nSPS) is 13.5. The molecule has 0 amide bonds. The van der Waals surface area contributed by atoms with E-state index in [0.717, 1.165) is 5.56 Å². The van der Waals surface area contributed by atoms with E-state index in [9.17, 15) is 9.50 Å². The van der Waals surface area contributed by atoms with Crippen LogP contribution in [0, 0.1) is 5.82 Å². The Hall–Kier alpha value is -1.39. The second-order valence-electron chi connectivity index (χ2n) is 5.32. The minimum absolute atomic E-state index is 0.296. The van der Waals surface area contributed by atoms with Crippen LogP contribution in [0.5, 0.6) is 0 Å². The third-order valence-corrected chi connectivity index (χ3v) is 3.95. The van der Waals surface area contributed by atoms with Crippen molar-refractivity contribution in [2.75, 3.05) is 0 Å². The van der Waals surface area contributed by atoms with E-state index in [1.165, 1.54) is 18.3 Å². The van der Waals surface area contributed by atoms with Gasteiger partial charge >= 0.3 is 0 Å². The van der Waals surface area contributed by atoms with Crippen LogP contribution in [0.4, 0.5) is 4.39 Å². The van der Waals surface area contributed by atoms with Crippen molar-refractivity contribution in [2.45, 2.75) is 38.8 Å². The van der Waals surface area contributed by atoms with Gasteiger partial charge in [0.25, 0.3) is 0 Å². The molecule has 5 heteroatoms. The predicted molar refractivity (Wildman–Crippen MR) is 77.3 cm³/mol. The van der Waals surface area contributed by atoms with Crippen molar-refractivity contribution in [2.24, 2.45) is 0 Å². The van der Waals surface area contributed by atoms with E-state index in [1.807, 2.05) is 20.8 Å². The lowest BCUT2D eigenvalue weighted by Gasteiger charge is -2.31. The fraction of sp³-hybridized carbons (Fsp3) is 0.400. The Morgan fingerprint density at radius 3 is 2.50 bits per heavy atom. The Kier molecular flexibility index (Phi) is 4.16. The minimum atomic E-state index is -0.831. The van der Waals surface area contributed by atoms with Crippen LogP contribution in [0.2, 0.25) is 5.02 Å². The summed E-state index contributed by atoms with van der Waals surface area (Å²) in [5.74, 6) is -0.296. The van der Waals surface area contributed by atoms with E-state index in [0.29, 0.717) is 17.3 Å². The molecular weight excluding hydrogens is 279 g/mol. The summed E-state index contributed by atoms with van der Waals surface area (Å²) < 4.78 is 14.7. The van der Waals surface area contributed by atoms with Gasteiger partial charge in [-0.15, -0.1) is 0 Å². The zero-order valence-electron chi connectivity index (χ0n) is 11.8. The average Bonchev–Trinajstić information content (AvgIpc) is 2.79. The van der Waals surface area contributed by atoms with Gasteiger partial charge in [0.15, 0.2) is 0 Å². The fourth-order valence-electron chi connectivity index (χ4n) is 2.27. The fourth-order valence-corrected chi connectivity index (χ4v) is 2.52. The molecule has 1 heterocycles. The average molecular weight is 297 g/mol. The summed E-state index contributed by atoms with van der Waals surface area (Å²) >= 11 is 6.13. The summed E-state index contributed by atoms with van der Waals surface area (Å²) in [6.07, 6.45) is 0.701. The number of aryl methyl sites for hydroxylation is 1. The smallest absolute Gasteiger partial charge is 0.123 e. The second kappa shape index (κ2) is 5.54. The highest BCUT2D eigenvalue weighted by Crippen LogP contribution is 2.39. The highest BCUT2D eigenvalue weighted by molar-refractivity contribution is 6.31. The molecule has 0 radical (unpaired) electrons. The van der Waals surface area contributed by atoms with Crippen molar-refractivity contribution in [1.82, 2.24) is 9.78 Å². The zero-order valence-corrected chi connectivity index (χ0v) is 12.5. The second-order valence-corrected chi connectivity index (χ2v) is 5.73. The van der Waals surface area contributed by atoms with Crippen molar-refractivity contribution in [3.05, 3.63) is 52.6 Å². The molecule has 0 aliphatic heterocycles. The lowest BCUT2D eigenvalue weighted by Crippen LogP contribution is -2.29. The van der Waals surface area contributed by atoms with Gasteiger partial charge in [0, 0.05) is 12.0 Å². The molecule has 0 saturated carbocycles. The summed E-state index contributed by atoms with van der Waals surface area (Å²) in [7, 11) is 0. The molecule has 3 nitrogen and oxygen atoms in total. The minimum Gasteiger partial charge on any atom is -0.386 e. The van der Waals surface area contributed by atoms with Crippen molar-refractivity contribution in [1.29, 1.82) is 0 Å². The van der Waals surface area contributed by atoms with E-state index >= 15 is 0 Å². The maximum Gasteiger partial charge on any atom is 0.123 e. The van der Waals surface area contributed by atoms with E-state index in [4.69, 9.17) is 11.6 Å². The predicted octanol–water partition coefficient (Wildman–Crippen LogP) is 3.71. The number of hydrogen-bond acceptors (Lipinski definition) is 2. The standard InChI is InChI=1S/C15H18ClFN2O/c1-4-19-13(12(16)9-18-19)14(20)15(2,3)10-5-7-11(17)8-6-10/h5-9,14,20H,4H2,1-3H3. The number of halogens is 2. The molecule has 1 atom stereocenters. The van der Waals surface area contributed by atoms with E-state index in [2.05, 4.69) is 5.10 Å². The summed E-state index contributed by atoms with van der Waals surface area (Å²) in [5, 5.41) is 15.3.